The lowest BCUT2D eigenvalue weighted by molar-refractivity contribution is 0.0670. The van der Waals surface area contributed by atoms with Gasteiger partial charge in [0.1, 0.15) is 0 Å². The van der Waals surface area contributed by atoms with E-state index in [1.165, 1.54) is 0 Å². The zero-order chi connectivity index (χ0) is 25.4. The molecule has 2 aromatic heterocycles. The monoisotopic (exact) mass is 511 g/mol. The number of amides is 2. The van der Waals surface area contributed by atoms with Crippen molar-refractivity contribution in [2.75, 3.05) is 37.7 Å². The Balaban J connectivity index is 1.22. The minimum atomic E-state index is -0.598. The van der Waals surface area contributed by atoms with Crippen LogP contribution in [0.4, 0.5) is 11.6 Å². The van der Waals surface area contributed by atoms with Crippen LogP contribution < -0.4 is 22.1 Å². The van der Waals surface area contributed by atoms with E-state index in [9.17, 15) is 14.7 Å². The Morgan fingerprint density at radius 3 is 2.69 bits per heavy atom. The highest BCUT2D eigenvalue weighted by atomic mass is 35.5. The van der Waals surface area contributed by atoms with Crippen LogP contribution in [-0.4, -0.2) is 74.1 Å². The Bertz CT molecular complexity index is 1380. The summed E-state index contributed by atoms with van der Waals surface area (Å²) in [6.45, 7) is 2.06. The lowest BCUT2D eigenvalue weighted by Crippen LogP contribution is -2.57. The maximum Gasteiger partial charge on any atom is 0.280 e. The van der Waals surface area contributed by atoms with E-state index >= 15 is 0 Å². The molecule has 0 aliphatic carbocycles. The first-order valence-electron chi connectivity index (χ1n) is 11.5. The van der Waals surface area contributed by atoms with Crippen LogP contribution in [0.3, 0.4) is 0 Å². The van der Waals surface area contributed by atoms with Gasteiger partial charge in [-0.05, 0) is 31.0 Å². The SMILES string of the molecule is Nc1nc(N)c(C(=O)NC2=NCC3(CCN(C(=O)c4cccc5c4ccn5CCO)CC3)N2)nc1Cl. The van der Waals surface area contributed by atoms with Gasteiger partial charge in [0.15, 0.2) is 28.4 Å². The molecule has 2 aliphatic rings. The summed E-state index contributed by atoms with van der Waals surface area (Å²) >= 11 is 5.87. The summed E-state index contributed by atoms with van der Waals surface area (Å²) < 4.78 is 1.93. The number of piperidine rings is 1. The van der Waals surface area contributed by atoms with Gasteiger partial charge in [0.2, 0.25) is 0 Å². The van der Waals surface area contributed by atoms with Crippen molar-refractivity contribution in [2.24, 2.45) is 4.99 Å². The third-order valence-corrected chi connectivity index (χ3v) is 6.95. The second-order valence-corrected chi connectivity index (χ2v) is 9.28. The molecule has 0 saturated carbocycles. The number of rotatable bonds is 4. The minimum Gasteiger partial charge on any atom is -0.395 e. The number of halogens is 1. The van der Waals surface area contributed by atoms with Crippen molar-refractivity contribution >= 4 is 51.9 Å². The van der Waals surface area contributed by atoms with Crippen molar-refractivity contribution in [3.05, 3.63) is 46.9 Å². The highest BCUT2D eigenvalue weighted by Gasteiger charge is 2.40. The van der Waals surface area contributed by atoms with Crippen LogP contribution in [0.2, 0.25) is 5.15 Å². The van der Waals surface area contributed by atoms with Crippen LogP contribution in [0.25, 0.3) is 10.9 Å². The van der Waals surface area contributed by atoms with E-state index in [0.29, 0.717) is 50.5 Å². The molecule has 0 radical (unpaired) electrons. The van der Waals surface area contributed by atoms with Gasteiger partial charge >= 0.3 is 0 Å². The molecule has 1 saturated heterocycles. The summed E-state index contributed by atoms with van der Waals surface area (Å²) in [6, 6.07) is 7.55. The first kappa shape index (κ1) is 23.8. The van der Waals surface area contributed by atoms with Gasteiger partial charge in [0.25, 0.3) is 11.8 Å². The second kappa shape index (κ2) is 9.28. The molecule has 2 amide bonds. The molecule has 2 aliphatic heterocycles. The zero-order valence-electron chi connectivity index (χ0n) is 19.4. The molecule has 0 unspecified atom stereocenters. The Kier molecular flexibility index (Phi) is 6.14. The molecule has 3 aromatic rings. The summed E-state index contributed by atoms with van der Waals surface area (Å²) in [6.07, 6.45) is 3.22. The van der Waals surface area contributed by atoms with Crippen LogP contribution in [0.15, 0.2) is 35.5 Å². The molecule has 13 heteroatoms. The maximum atomic E-state index is 13.4. The Labute approximate surface area is 211 Å². The number of nitrogens with zero attached hydrogens (tertiary/aromatic N) is 5. The summed E-state index contributed by atoms with van der Waals surface area (Å²) in [5.74, 6) is -0.501. The van der Waals surface area contributed by atoms with Gasteiger partial charge in [0, 0.05) is 42.3 Å². The second-order valence-electron chi connectivity index (χ2n) is 8.92. The minimum absolute atomic E-state index is 0.0288. The number of aliphatic hydroxyl groups excluding tert-OH is 1. The van der Waals surface area contributed by atoms with Crippen molar-refractivity contribution in [1.29, 1.82) is 0 Å². The Morgan fingerprint density at radius 1 is 1.17 bits per heavy atom. The average molecular weight is 512 g/mol. The van der Waals surface area contributed by atoms with Gasteiger partial charge in [-0.1, -0.05) is 17.7 Å². The molecule has 1 spiro atoms. The lowest BCUT2D eigenvalue weighted by Gasteiger charge is -2.39. The first-order chi connectivity index (χ1) is 17.3. The predicted octanol–water partition coefficient (Wildman–Crippen LogP) is 0.605. The standard InChI is InChI=1S/C23H26ClN9O3/c24-17-19(26)29-18(25)16(28-17)20(35)30-22-27-12-23(31-22)5-8-33(9-6-23)21(36)14-2-1-3-15-13(14)4-7-32(15)10-11-34/h1-4,7,34H,5-6,8-12H2,(H4,25,26,29)(H2,27,30,31,35). The number of aliphatic imine (C=N–C) groups is 1. The number of likely N-dealkylation sites (tertiary alicyclic amines) is 1. The number of anilines is 2. The van der Waals surface area contributed by atoms with Gasteiger partial charge < -0.3 is 31.4 Å². The normalized spacial score (nSPS) is 16.7. The van der Waals surface area contributed by atoms with Gasteiger partial charge in [-0.3, -0.25) is 19.9 Å². The Morgan fingerprint density at radius 2 is 1.94 bits per heavy atom. The quantitative estimate of drug-likeness (QED) is 0.338. The van der Waals surface area contributed by atoms with Crippen molar-refractivity contribution < 1.29 is 14.7 Å². The van der Waals surface area contributed by atoms with E-state index in [1.807, 2.05) is 39.9 Å². The fourth-order valence-corrected chi connectivity index (χ4v) is 4.84. The number of hydrogen-bond acceptors (Lipinski definition) is 9. The number of nitrogens with one attached hydrogen (secondary N) is 2. The number of carbonyl (C=O) groups is 2. The largest absolute Gasteiger partial charge is 0.395 e. The molecule has 7 N–H and O–H groups in total. The van der Waals surface area contributed by atoms with Gasteiger partial charge in [-0.2, -0.15) is 0 Å². The third-order valence-electron chi connectivity index (χ3n) is 6.67. The molecule has 36 heavy (non-hydrogen) atoms. The molecule has 0 atom stereocenters. The van der Waals surface area contributed by atoms with E-state index in [4.69, 9.17) is 23.1 Å². The first-order valence-corrected chi connectivity index (χ1v) is 11.9. The molecule has 4 heterocycles. The summed E-state index contributed by atoms with van der Waals surface area (Å²) in [5, 5.41) is 16.0. The van der Waals surface area contributed by atoms with E-state index in [2.05, 4.69) is 25.6 Å². The van der Waals surface area contributed by atoms with Crippen LogP contribution in [0.1, 0.15) is 33.7 Å². The van der Waals surface area contributed by atoms with E-state index < -0.39 is 5.91 Å². The lowest BCUT2D eigenvalue weighted by atomic mass is 9.88. The topological polar surface area (TPSA) is 177 Å². The van der Waals surface area contributed by atoms with Crippen molar-refractivity contribution in [1.82, 2.24) is 30.1 Å². The molecule has 12 nitrogen and oxygen atoms in total. The number of carbonyl (C=O) groups excluding carboxylic acids is 2. The number of aliphatic hydroxyl groups is 1. The smallest absolute Gasteiger partial charge is 0.280 e. The number of nitrogen functional groups attached to an aromatic ring is 2. The number of benzene rings is 1. The molecule has 188 valence electrons. The van der Waals surface area contributed by atoms with Crippen molar-refractivity contribution in [3.63, 3.8) is 0 Å². The summed E-state index contributed by atoms with van der Waals surface area (Å²) in [7, 11) is 0. The zero-order valence-corrected chi connectivity index (χ0v) is 20.1. The van der Waals surface area contributed by atoms with Gasteiger partial charge in [-0.25, -0.2) is 9.97 Å². The molecular formula is C23H26ClN9O3. The Hall–Kier alpha value is -3.90. The van der Waals surface area contributed by atoms with Crippen LogP contribution in [0, 0.1) is 0 Å². The van der Waals surface area contributed by atoms with Crippen LogP contribution in [0.5, 0.6) is 0 Å². The maximum absolute atomic E-state index is 13.4. The number of nitrogens with two attached hydrogens (primary N) is 2. The van der Waals surface area contributed by atoms with Crippen molar-refractivity contribution in [3.8, 4) is 0 Å². The van der Waals surface area contributed by atoms with Crippen LogP contribution >= 0.6 is 11.6 Å². The molecule has 1 fully saturated rings. The van der Waals surface area contributed by atoms with Gasteiger partial charge in [0.05, 0.1) is 18.7 Å². The summed E-state index contributed by atoms with van der Waals surface area (Å²) in [5.41, 5.74) is 12.4. The van der Waals surface area contributed by atoms with E-state index in [-0.39, 0.29) is 40.5 Å². The van der Waals surface area contributed by atoms with Gasteiger partial charge in [-0.15, -0.1) is 0 Å². The average Bonchev–Trinajstić information content (AvgIpc) is 3.45. The number of aromatic nitrogens is 3. The summed E-state index contributed by atoms with van der Waals surface area (Å²) in [4.78, 5) is 40.0. The molecule has 0 bridgehead atoms. The molecular weight excluding hydrogens is 486 g/mol. The fraction of sp³-hybridized carbons (Fsp3) is 0.348. The fourth-order valence-electron chi connectivity index (χ4n) is 4.71. The van der Waals surface area contributed by atoms with Crippen molar-refractivity contribution in [2.45, 2.75) is 24.9 Å². The number of guanidine groups is 1. The number of hydrogen-bond donors (Lipinski definition) is 5. The van der Waals surface area contributed by atoms with E-state index in [0.717, 1.165) is 10.9 Å². The highest BCUT2D eigenvalue weighted by Crippen LogP contribution is 2.28. The highest BCUT2D eigenvalue weighted by molar-refractivity contribution is 6.31. The molecule has 5 rings (SSSR count). The predicted molar refractivity (Wildman–Crippen MR) is 136 cm³/mol. The van der Waals surface area contributed by atoms with Crippen LogP contribution in [-0.2, 0) is 6.54 Å². The number of fused-ring (bicyclic) bond motifs is 1. The molecule has 1 aromatic carbocycles. The third kappa shape index (κ3) is 4.29. The van der Waals surface area contributed by atoms with E-state index in [1.54, 1.807) is 0 Å².